The minimum Gasteiger partial charge on any atom is -0.482 e. The quantitative estimate of drug-likeness (QED) is 0.803. The van der Waals surface area contributed by atoms with E-state index in [4.69, 9.17) is 9.26 Å². The smallest absolute Gasteiger partial charge is 0.174 e. The van der Waals surface area contributed by atoms with Crippen molar-refractivity contribution in [3.63, 3.8) is 0 Å². The second-order valence-electron chi connectivity index (χ2n) is 5.05. The Bertz CT molecular complexity index is 519. The molecule has 2 heterocycles. The summed E-state index contributed by atoms with van der Waals surface area (Å²) < 4.78 is 12.7. The zero-order valence-electron chi connectivity index (χ0n) is 12.3. The molecule has 0 saturated heterocycles. The van der Waals surface area contributed by atoms with Crippen molar-refractivity contribution < 1.29 is 9.26 Å². The summed E-state index contributed by atoms with van der Waals surface area (Å²) in [6.07, 6.45) is 4.66. The Morgan fingerprint density at radius 1 is 1.45 bits per heavy atom. The summed E-state index contributed by atoms with van der Waals surface area (Å²) in [4.78, 5) is 0. The van der Waals surface area contributed by atoms with Crippen LogP contribution in [0.25, 0.3) is 0 Å². The van der Waals surface area contributed by atoms with Crippen molar-refractivity contribution >= 4 is 0 Å². The molecule has 0 bridgehead atoms. The van der Waals surface area contributed by atoms with Gasteiger partial charge in [-0.1, -0.05) is 25.9 Å². The van der Waals surface area contributed by atoms with E-state index < -0.39 is 0 Å². The van der Waals surface area contributed by atoms with Crippen LogP contribution in [0, 0.1) is 0 Å². The first-order chi connectivity index (χ1) is 9.67. The van der Waals surface area contributed by atoms with E-state index >= 15 is 0 Å². The summed E-state index contributed by atoms with van der Waals surface area (Å²) in [5.41, 5.74) is 0.888. The molecule has 0 aliphatic rings. The van der Waals surface area contributed by atoms with Crippen LogP contribution in [0.2, 0.25) is 0 Å². The highest BCUT2D eigenvalue weighted by Crippen LogP contribution is 2.12. The van der Waals surface area contributed by atoms with Gasteiger partial charge in [0, 0.05) is 25.2 Å². The average molecular weight is 278 g/mol. The van der Waals surface area contributed by atoms with Crippen LogP contribution in [-0.4, -0.2) is 21.0 Å². The van der Waals surface area contributed by atoms with Gasteiger partial charge in [0.25, 0.3) is 0 Å². The molecule has 0 aliphatic carbocycles. The summed E-state index contributed by atoms with van der Waals surface area (Å²) >= 11 is 0. The minimum absolute atomic E-state index is 0.368. The number of nitrogens with one attached hydrogen (secondary N) is 1. The normalized spacial score (nSPS) is 11.2. The first-order valence-corrected chi connectivity index (χ1v) is 7.00. The van der Waals surface area contributed by atoms with Gasteiger partial charge in [0.05, 0.1) is 18.1 Å². The highest BCUT2D eigenvalue weighted by Gasteiger charge is 2.06. The number of rotatable bonds is 8. The predicted octanol–water partition coefficient (Wildman–Crippen LogP) is 2.36. The van der Waals surface area contributed by atoms with Gasteiger partial charge in [0.1, 0.15) is 6.61 Å². The largest absolute Gasteiger partial charge is 0.482 e. The van der Waals surface area contributed by atoms with Gasteiger partial charge in [-0.15, -0.1) is 0 Å². The molecule has 0 amide bonds. The van der Waals surface area contributed by atoms with Crippen molar-refractivity contribution in [1.82, 2.24) is 20.3 Å². The first-order valence-electron chi connectivity index (χ1n) is 7.00. The maximum atomic E-state index is 5.62. The fourth-order valence-corrected chi connectivity index (χ4v) is 1.74. The van der Waals surface area contributed by atoms with Gasteiger partial charge in [-0.3, -0.25) is 4.68 Å². The summed E-state index contributed by atoms with van der Waals surface area (Å²) in [6.45, 7) is 8.28. The third-order valence-corrected chi connectivity index (χ3v) is 2.74. The van der Waals surface area contributed by atoms with E-state index in [1.807, 2.05) is 16.9 Å². The molecule has 2 aromatic heterocycles. The van der Waals surface area contributed by atoms with Crippen LogP contribution >= 0.6 is 0 Å². The molecule has 0 fully saturated rings. The number of nitrogens with zero attached hydrogens (tertiary/aromatic N) is 3. The summed E-state index contributed by atoms with van der Waals surface area (Å²) in [6, 6.07) is 2.34. The molecule has 6 nitrogen and oxygen atoms in total. The molecule has 110 valence electrons. The van der Waals surface area contributed by atoms with Crippen LogP contribution in [0.4, 0.5) is 0 Å². The second-order valence-corrected chi connectivity index (χ2v) is 5.05. The Hall–Kier alpha value is -1.82. The lowest BCUT2D eigenvalue weighted by atomic mass is 10.3. The standard InChI is InChI=1S/C14H22N4O2/c1-4-5-18-9-14(8-16-18)19-10-13-6-12(17-20-13)7-15-11(2)3/h6,8-9,11,15H,4-5,7,10H2,1-3H3. The maximum Gasteiger partial charge on any atom is 0.174 e. The van der Waals surface area contributed by atoms with E-state index in [0.29, 0.717) is 25.0 Å². The maximum absolute atomic E-state index is 5.62. The van der Waals surface area contributed by atoms with Crippen molar-refractivity contribution in [2.24, 2.45) is 0 Å². The molecule has 0 aliphatic heterocycles. The molecular formula is C14H22N4O2. The summed E-state index contributed by atoms with van der Waals surface area (Å²) in [7, 11) is 0. The van der Waals surface area contributed by atoms with E-state index in [9.17, 15) is 0 Å². The number of hydrogen-bond donors (Lipinski definition) is 1. The van der Waals surface area contributed by atoms with E-state index in [1.165, 1.54) is 0 Å². The van der Waals surface area contributed by atoms with Gasteiger partial charge in [-0.25, -0.2) is 0 Å². The highest BCUT2D eigenvalue weighted by molar-refractivity contribution is 5.13. The van der Waals surface area contributed by atoms with Crippen LogP contribution < -0.4 is 10.1 Å². The van der Waals surface area contributed by atoms with Crippen molar-refractivity contribution in [3.05, 3.63) is 29.9 Å². The number of aromatic nitrogens is 3. The van der Waals surface area contributed by atoms with Crippen LogP contribution in [0.5, 0.6) is 5.75 Å². The SMILES string of the molecule is CCCn1cc(OCc2cc(CNC(C)C)no2)cn1. The molecule has 6 heteroatoms. The average Bonchev–Trinajstić information content (AvgIpc) is 3.03. The molecule has 0 saturated carbocycles. The molecule has 20 heavy (non-hydrogen) atoms. The number of aryl methyl sites for hydroxylation is 1. The van der Waals surface area contributed by atoms with Gasteiger partial charge in [0.15, 0.2) is 11.5 Å². The Morgan fingerprint density at radius 3 is 3.05 bits per heavy atom. The Balaban J connectivity index is 1.81. The van der Waals surface area contributed by atoms with Crippen molar-refractivity contribution in [3.8, 4) is 5.75 Å². The Kier molecular flexibility index (Phi) is 5.17. The summed E-state index contributed by atoms with van der Waals surface area (Å²) in [5, 5.41) is 11.5. The molecule has 0 radical (unpaired) electrons. The van der Waals surface area contributed by atoms with E-state index in [2.05, 4.69) is 36.3 Å². The zero-order valence-corrected chi connectivity index (χ0v) is 12.3. The third-order valence-electron chi connectivity index (χ3n) is 2.74. The highest BCUT2D eigenvalue weighted by atomic mass is 16.5. The van der Waals surface area contributed by atoms with E-state index in [-0.39, 0.29) is 0 Å². The van der Waals surface area contributed by atoms with Gasteiger partial charge < -0.3 is 14.6 Å². The molecule has 0 spiro atoms. The lowest BCUT2D eigenvalue weighted by molar-refractivity contribution is 0.248. The van der Waals surface area contributed by atoms with Crippen molar-refractivity contribution in [1.29, 1.82) is 0 Å². The van der Waals surface area contributed by atoms with Crippen molar-refractivity contribution in [2.45, 2.75) is 52.9 Å². The van der Waals surface area contributed by atoms with E-state index in [0.717, 1.165) is 24.4 Å². The Labute approximate surface area is 119 Å². The molecule has 0 aromatic carbocycles. The number of hydrogen-bond acceptors (Lipinski definition) is 5. The molecule has 2 aromatic rings. The van der Waals surface area contributed by atoms with Gasteiger partial charge >= 0.3 is 0 Å². The monoisotopic (exact) mass is 278 g/mol. The fraction of sp³-hybridized carbons (Fsp3) is 0.571. The van der Waals surface area contributed by atoms with Gasteiger partial charge in [0.2, 0.25) is 0 Å². The van der Waals surface area contributed by atoms with Crippen LogP contribution in [0.3, 0.4) is 0 Å². The van der Waals surface area contributed by atoms with E-state index in [1.54, 1.807) is 6.20 Å². The van der Waals surface area contributed by atoms with Crippen LogP contribution in [0.15, 0.2) is 23.0 Å². The summed E-state index contributed by atoms with van der Waals surface area (Å²) in [5.74, 6) is 1.46. The van der Waals surface area contributed by atoms with Gasteiger partial charge in [-0.05, 0) is 6.42 Å². The third kappa shape index (κ3) is 4.38. The fourth-order valence-electron chi connectivity index (χ4n) is 1.74. The minimum atomic E-state index is 0.368. The van der Waals surface area contributed by atoms with Crippen LogP contribution in [0.1, 0.15) is 38.6 Å². The van der Waals surface area contributed by atoms with Crippen molar-refractivity contribution in [2.75, 3.05) is 0 Å². The molecule has 0 atom stereocenters. The second kappa shape index (κ2) is 7.09. The first kappa shape index (κ1) is 14.6. The zero-order chi connectivity index (χ0) is 14.4. The number of ether oxygens (including phenoxy) is 1. The molecule has 0 unspecified atom stereocenters. The molecule has 1 N–H and O–H groups in total. The molecule has 2 rings (SSSR count). The predicted molar refractivity (Wildman–Crippen MR) is 75.3 cm³/mol. The topological polar surface area (TPSA) is 65.1 Å². The van der Waals surface area contributed by atoms with Crippen LogP contribution in [-0.2, 0) is 19.7 Å². The molecular weight excluding hydrogens is 256 g/mol. The lowest BCUT2D eigenvalue weighted by Gasteiger charge is -2.03. The lowest BCUT2D eigenvalue weighted by Crippen LogP contribution is -2.21. The Morgan fingerprint density at radius 2 is 2.30 bits per heavy atom. The van der Waals surface area contributed by atoms with Gasteiger partial charge in [-0.2, -0.15) is 5.10 Å².